The Morgan fingerprint density at radius 1 is 1.35 bits per heavy atom. The average Bonchev–Trinajstić information content (AvgIpc) is 2.93. The summed E-state index contributed by atoms with van der Waals surface area (Å²) >= 11 is 5.90. The van der Waals surface area contributed by atoms with E-state index in [0.717, 1.165) is 0 Å². The van der Waals surface area contributed by atoms with Crippen LogP contribution in [0.25, 0.3) is 11.2 Å². The number of hydrogen-bond donors (Lipinski definition) is 4. The first-order valence-corrected chi connectivity index (χ1v) is 6.18. The van der Waals surface area contributed by atoms with Crippen molar-refractivity contribution in [2.24, 2.45) is 0 Å². The van der Waals surface area contributed by atoms with Gasteiger partial charge in [-0.2, -0.15) is 9.97 Å². The van der Waals surface area contributed by atoms with E-state index in [0.29, 0.717) is 5.52 Å². The number of ether oxygens (including phenoxy) is 1. The molecule has 0 aromatic carbocycles. The van der Waals surface area contributed by atoms with Crippen LogP contribution >= 0.6 is 11.6 Å². The number of nitrogen functional groups attached to an aromatic ring is 1. The molecule has 2 aromatic heterocycles. The molecule has 3 rings (SSSR count). The monoisotopic (exact) mass is 301 g/mol. The summed E-state index contributed by atoms with van der Waals surface area (Å²) in [4.78, 5) is 11.8. The highest BCUT2D eigenvalue weighted by molar-refractivity contribution is 6.33. The molecular weight excluding hydrogens is 290 g/mol. The van der Waals surface area contributed by atoms with E-state index < -0.39 is 31.1 Å². The standard InChI is InChI=1S/C10H12ClN5O4/c11-7-4-8(15-10(12)14-7)16(2-13-4)9-6(19)5(18)3(1-17)20-9/h2-3,5-6,9,17-19H,1H2,(H2,12,14,15)/t3-,5?,6?,9-/m0/s1. The van der Waals surface area contributed by atoms with E-state index in [-0.39, 0.29) is 16.7 Å². The van der Waals surface area contributed by atoms with Crippen molar-refractivity contribution in [3.05, 3.63) is 11.5 Å². The molecule has 3 heterocycles. The second-order valence-electron chi connectivity index (χ2n) is 4.43. The van der Waals surface area contributed by atoms with Crippen LogP contribution in [-0.2, 0) is 4.74 Å². The molecule has 0 spiro atoms. The Balaban J connectivity index is 2.07. The number of aliphatic hydroxyl groups is 3. The minimum absolute atomic E-state index is 0.0454. The number of rotatable bonds is 2. The van der Waals surface area contributed by atoms with Crippen LogP contribution in [0, 0.1) is 0 Å². The smallest absolute Gasteiger partial charge is 0.223 e. The minimum atomic E-state index is -1.24. The molecular formula is C10H12ClN5O4. The second-order valence-corrected chi connectivity index (χ2v) is 4.78. The van der Waals surface area contributed by atoms with Gasteiger partial charge < -0.3 is 25.8 Å². The van der Waals surface area contributed by atoms with Gasteiger partial charge in [0, 0.05) is 0 Å². The number of hydrogen-bond acceptors (Lipinski definition) is 8. The molecule has 0 amide bonds. The van der Waals surface area contributed by atoms with Gasteiger partial charge in [0.05, 0.1) is 12.9 Å². The van der Waals surface area contributed by atoms with E-state index in [4.69, 9.17) is 27.2 Å². The first-order chi connectivity index (χ1) is 9.52. The molecule has 0 aliphatic carbocycles. The average molecular weight is 302 g/mol. The Morgan fingerprint density at radius 2 is 2.10 bits per heavy atom. The Hall–Kier alpha value is -1.52. The lowest BCUT2D eigenvalue weighted by Gasteiger charge is -2.16. The zero-order valence-corrected chi connectivity index (χ0v) is 10.8. The maximum Gasteiger partial charge on any atom is 0.223 e. The highest BCUT2D eigenvalue weighted by atomic mass is 35.5. The van der Waals surface area contributed by atoms with Crippen molar-refractivity contribution in [3.63, 3.8) is 0 Å². The van der Waals surface area contributed by atoms with Gasteiger partial charge in [-0.15, -0.1) is 0 Å². The second kappa shape index (κ2) is 4.79. The van der Waals surface area contributed by atoms with E-state index in [1.807, 2.05) is 0 Å². The van der Waals surface area contributed by atoms with Gasteiger partial charge in [-0.3, -0.25) is 4.57 Å². The summed E-state index contributed by atoms with van der Waals surface area (Å²) in [6.45, 7) is -0.417. The number of aliphatic hydroxyl groups excluding tert-OH is 3. The number of nitrogens with zero attached hydrogens (tertiary/aromatic N) is 4. The summed E-state index contributed by atoms with van der Waals surface area (Å²) in [6.07, 6.45) is -2.93. The van der Waals surface area contributed by atoms with Crippen LogP contribution in [-0.4, -0.2) is 59.8 Å². The number of aromatic nitrogens is 4. The van der Waals surface area contributed by atoms with Gasteiger partial charge in [0.2, 0.25) is 5.95 Å². The van der Waals surface area contributed by atoms with E-state index in [2.05, 4.69) is 15.0 Å². The van der Waals surface area contributed by atoms with Crippen molar-refractivity contribution in [2.75, 3.05) is 12.3 Å². The summed E-state index contributed by atoms with van der Waals surface area (Å²) in [5, 5.41) is 28.9. The normalized spacial score (nSPS) is 30.2. The Bertz CT molecular complexity index is 650. The van der Waals surface area contributed by atoms with Gasteiger partial charge in [0.1, 0.15) is 23.8 Å². The van der Waals surface area contributed by atoms with E-state index in [1.165, 1.54) is 10.9 Å². The van der Waals surface area contributed by atoms with Gasteiger partial charge in [-0.25, -0.2) is 4.98 Å². The lowest BCUT2D eigenvalue weighted by molar-refractivity contribution is -0.0511. The zero-order chi connectivity index (χ0) is 14.4. The molecule has 1 fully saturated rings. The lowest BCUT2D eigenvalue weighted by atomic mass is 10.1. The van der Waals surface area contributed by atoms with Crippen molar-refractivity contribution in [1.82, 2.24) is 19.5 Å². The van der Waals surface area contributed by atoms with Crippen LogP contribution in [0.4, 0.5) is 5.95 Å². The van der Waals surface area contributed by atoms with Crippen LogP contribution in [0.15, 0.2) is 6.33 Å². The summed E-state index contributed by atoms with van der Waals surface area (Å²) in [6, 6.07) is 0. The molecule has 108 valence electrons. The predicted octanol–water partition coefficient (Wildman–Crippen LogP) is -1.33. The lowest BCUT2D eigenvalue weighted by Crippen LogP contribution is -2.33. The molecule has 1 aliphatic rings. The molecule has 5 N–H and O–H groups in total. The van der Waals surface area contributed by atoms with Crippen molar-refractivity contribution >= 4 is 28.7 Å². The quantitative estimate of drug-likeness (QED) is 0.500. The molecule has 0 radical (unpaired) electrons. The summed E-state index contributed by atoms with van der Waals surface area (Å²) in [7, 11) is 0. The minimum Gasteiger partial charge on any atom is -0.394 e. The Morgan fingerprint density at radius 3 is 2.75 bits per heavy atom. The highest BCUT2D eigenvalue weighted by Crippen LogP contribution is 2.32. The largest absolute Gasteiger partial charge is 0.394 e. The van der Waals surface area contributed by atoms with Crippen molar-refractivity contribution in [3.8, 4) is 0 Å². The molecule has 1 saturated heterocycles. The van der Waals surface area contributed by atoms with Crippen molar-refractivity contribution < 1.29 is 20.1 Å². The van der Waals surface area contributed by atoms with Gasteiger partial charge in [0.25, 0.3) is 0 Å². The number of fused-ring (bicyclic) bond motifs is 1. The number of anilines is 1. The fourth-order valence-electron chi connectivity index (χ4n) is 2.19. The predicted molar refractivity (Wildman–Crippen MR) is 67.8 cm³/mol. The Kier molecular flexibility index (Phi) is 3.22. The molecule has 1 aliphatic heterocycles. The van der Waals surface area contributed by atoms with Crippen LogP contribution in [0.3, 0.4) is 0 Å². The van der Waals surface area contributed by atoms with E-state index in [1.54, 1.807) is 0 Å². The number of nitrogens with two attached hydrogens (primary N) is 1. The summed E-state index contributed by atoms with van der Waals surface area (Å²) in [5.74, 6) is -0.0454. The fraction of sp³-hybridized carbons (Fsp3) is 0.500. The van der Waals surface area contributed by atoms with Crippen molar-refractivity contribution in [1.29, 1.82) is 0 Å². The van der Waals surface area contributed by atoms with Crippen LogP contribution < -0.4 is 5.73 Å². The van der Waals surface area contributed by atoms with Crippen LogP contribution in [0.5, 0.6) is 0 Å². The van der Waals surface area contributed by atoms with Gasteiger partial charge >= 0.3 is 0 Å². The molecule has 9 nitrogen and oxygen atoms in total. The van der Waals surface area contributed by atoms with Gasteiger partial charge in [-0.05, 0) is 0 Å². The van der Waals surface area contributed by atoms with E-state index >= 15 is 0 Å². The topological polar surface area (TPSA) is 140 Å². The first kappa shape index (κ1) is 13.5. The third-order valence-electron chi connectivity index (χ3n) is 3.19. The SMILES string of the molecule is Nc1nc(Cl)c2ncn([C@H]3O[C@@H](CO)C(O)C3O)c2n1. The molecule has 4 atom stereocenters. The third kappa shape index (κ3) is 1.91. The van der Waals surface area contributed by atoms with Gasteiger partial charge in [-0.1, -0.05) is 11.6 Å². The van der Waals surface area contributed by atoms with Crippen molar-refractivity contribution in [2.45, 2.75) is 24.5 Å². The van der Waals surface area contributed by atoms with Gasteiger partial charge in [0.15, 0.2) is 17.0 Å². The Labute approximate surface area is 117 Å². The molecule has 0 bridgehead atoms. The first-order valence-electron chi connectivity index (χ1n) is 5.81. The number of imidazole rings is 1. The molecule has 2 unspecified atom stereocenters. The molecule has 0 saturated carbocycles. The van der Waals surface area contributed by atoms with E-state index in [9.17, 15) is 10.2 Å². The third-order valence-corrected chi connectivity index (χ3v) is 3.45. The van der Waals surface area contributed by atoms with Crippen LogP contribution in [0.1, 0.15) is 6.23 Å². The maximum absolute atomic E-state index is 9.99. The molecule has 10 heteroatoms. The number of halogens is 1. The maximum atomic E-state index is 9.99. The fourth-order valence-corrected chi connectivity index (χ4v) is 2.41. The molecule has 20 heavy (non-hydrogen) atoms. The molecule has 2 aromatic rings. The summed E-state index contributed by atoms with van der Waals surface area (Å²) in [5.41, 5.74) is 6.11. The highest BCUT2D eigenvalue weighted by Gasteiger charge is 2.44. The summed E-state index contributed by atoms with van der Waals surface area (Å²) < 4.78 is 6.79. The zero-order valence-electron chi connectivity index (χ0n) is 10.1. The van der Waals surface area contributed by atoms with Crippen LogP contribution in [0.2, 0.25) is 5.15 Å².